The summed E-state index contributed by atoms with van der Waals surface area (Å²) < 4.78 is 17.5. The molecule has 0 atom stereocenters. The summed E-state index contributed by atoms with van der Waals surface area (Å²) in [6.45, 7) is 1.72. The molecule has 0 aliphatic heterocycles. The third kappa shape index (κ3) is 1.26. The highest BCUT2D eigenvalue weighted by Crippen LogP contribution is 2.14. The molecule has 0 radical (unpaired) electrons. The fourth-order valence-corrected chi connectivity index (χ4v) is 0.701. The van der Waals surface area contributed by atoms with Crippen molar-refractivity contribution in [3.8, 4) is 5.75 Å². The van der Waals surface area contributed by atoms with E-state index in [1.807, 2.05) is 0 Å². The van der Waals surface area contributed by atoms with Crippen molar-refractivity contribution in [2.45, 2.75) is 6.92 Å². The Kier molecular flexibility index (Phi) is 1.90. The first-order chi connectivity index (χ1) is 4.74. The zero-order valence-corrected chi connectivity index (χ0v) is 6.02. The van der Waals surface area contributed by atoms with Gasteiger partial charge in [-0.15, -0.1) is 0 Å². The molecule has 0 saturated heterocycles. The van der Waals surface area contributed by atoms with Gasteiger partial charge >= 0.3 is 0 Å². The minimum atomic E-state index is -0.223. The summed E-state index contributed by atoms with van der Waals surface area (Å²) in [5, 5.41) is 0. The van der Waals surface area contributed by atoms with Gasteiger partial charge in [-0.2, -0.15) is 0 Å². The van der Waals surface area contributed by atoms with Crippen LogP contribution in [0.1, 0.15) is 5.56 Å². The maximum Gasteiger partial charge on any atom is 0.129 e. The minimum Gasteiger partial charge on any atom is -0.497 e. The monoisotopic (exact) mass is 139 g/mol. The first-order valence-electron chi connectivity index (χ1n) is 3.04. The highest BCUT2D eigenvalue weighted by Gasteiger charge is 1.96. The third-order valence-electron chi connectivity index (χ3n) is 1.38. The van der Waals surface area contributed by atoms with Gasteiger partial charge in [0, 0.05) is 6.07 Å². The van der Waals surface area contributed by atoms with E-state index < -0.39 is 0 Å². The SMILES string of the molecule is COc1ccc(C)c([18F])c1. The molecule has 54 valence electrons. The first kappa shape index (κ1) is 7.06. The van der Waals surface area contributed by atoms with Crippen LogP contribution in [0.3, 0.4) is 0 Å². The molecule has 0 amide bonds. The van der Waals surface area contributed by atoms with Crippen LogP contribution in [0.4, 0.5) is 4.39 Å². The molecule has 2 heteroatoms. The highest BCUT2D eigenvalue weighted by molar-refractivity contribution is 5.27. The predicted octanol–water partition coefficient (Wildman–Crippen LogP) is 2.14. The van der Waals surface area contributed by atoms with Gasteiger partial charge in [0.15, 0.2) is 0 Å². The van der Waals surface area contributed by atoms with Gasteiger partial charge in [-0.1, -0.05) is 6.07 Å². The lowest BCUT2D eigenvalue weighted by molar-refractivity contribution is 0.411. The van der Waals surface area contributed by atoms with Gasteiger partial charge in [-0.25, -0.2) is 4.39 Å². The Hall–Kier alpha value is -1.05. The molecule has 1 aromatic rings. The van der Waals surface area contributed by atoms with Crippen LogP contribution < -0.4 is 4.74 Å². The Morgan fingerprint density at radius 2 is 2.10 bits per heavy atom. The summed E-state index contributed by atoms with van der Waals surface area (Å²) in [7, 11) is 1.52. The maximum absolute atomic E-state index is 12.7. The molecule has 0 aromatic heterocycles. The fourth-order valence-electron chi connectivity index (χ4n) is 0.701. The normalized spacial score (nSPS) is 9.50. The first-order valence-corrected chi connectivity index (χ1v) is 3.04. The summed E-state index contributed by atoms with van der Waals surface area (Å²) in [5.41, 5.74) is 0.640. The van der Waals surface area contributed by atoms with Crippen molar-refractivity contribution in [3.63, 3.8) is 0 Å². The zero-order valence-electron chi connectivity index (χ0n) is 6.02. The molecule has 0 spiro atoms. The Morgan fingerprint density at radius 1 is 1.40 bits per heavy atom. The Labute approximate surface area is 59.4 Å². The van der Waals surface area contributed by atoms with Crippen molar-refractivity contribution in [3.05, 3.63) is 29.6 Å². The summed E-state index contributed by atoms with van der Waals surface area (Å²) in [6, 6.07) is 4.79. The molecule has 0 saturated carbocycles. The van der Waals surface area contributed by atoms with Crippen LogP contribution in [0.25, 0.3) is 0 Å². The fraction of sp³-hybridized carbons (Fsp3) is 0.250. The minimum absolute atomic E-state index is 0.223. The van der Waals surface area contributed by atoms with Crippen molar-refractivity contribution in [2.75, 3.05) is 7.11 Å². The quantitative estimate of drug-likeness (QED) is 0.579. The van der Waals surface area contributed by atoms with Gasteiger partial charge in [0.2, 0.25) is 0 Å². The number of aryl methyl sites for hydroxylation is 1. The number of rotatable bonds is 1. The average molecular weight is 139 g/mol. The Balaban J connectivity index is 3.04. The lowest BCUT2D eigenvalue weighted by Gasteiger charge is -1.99. The van der Waals surface area contributed by atoms with Crippen molar-refractivity contribution in [1.29, 1.82) is 0 Å². The number of hydrogen-bond acceptors (Lipinski definition) is 1. The largest absolute Gasteiger partial charge is 0.497 e. The molecule has 1 aromatic carbocycles. The van der Waals surface area contributed by atoms with E-state index in [4.69, 9.17) is 4.74 Å². The van der Waals surface area contributed by atoms with E-state index in [2.05, 4.69) is 0 Å². The second-order valence-corrected chi connectivity index (χ2v) is 2.12. The van der Waals surface area contributed by atoms with Crippen LogP contribution in [0.15, 0.2) is 18.2 Å². The number of halogens is 1. The van der Waals surface area contributed by atoms with Crippen molar-refractivity contribution in [1.82, 2.24) is 0 Å². The highest BCUT2D eigenvalue weighted by atomic mass is 18.2. The van der Waals surface area contributed by atoms with Gasteiger partial charge in [-0.05, 0) is 18.6 Å². The van der Waals surface area contributed by atoms with E-state index in [0.29, 0.717) is 11.3 Å². The maximum atomic E-state index is 12.7. The second kappa shape index (κ2) is 2.69. The molecule has 0 heterocycles. The third-order valence-corrected chi connectivity index (χ3v) is 1.38. The number of hydrogen-bond donors (Lipinski definition) is 0. The van der Waals surface area contributed by atoms with E-state index >= 15 is 0 Å². The zero-order chi connectivity index (χ0) is 7.56. The van der Waals surface area contributed by atoms with Crippen LogP contribution in [0, 0.1) is 12.7 Å². The Bertz CT molecular complexity index is 233. The number of methoxy groups -OCH3 is 1. The van der Waals surface area contributed by atoms with Crippen LogP contribution >= 0.6 is 0 Å². The molecule has 0 aliphatic rings. The van der Waals surface area contributed by atoms with Gasteiger partial charge in [-0.3, -0.25) is 0 Å². The topological polar surface area (TPSA) is 9.23 Å². The summed E-state index contributed by atoms with van der Waals surface area (Å²) in [4.78, 5) is 0. The van der Waals surface area contributed by atoms with Gasteiger partial charge in [0.1, 0.15) is 11.6 Å². The van der Waals surface area contributed by atoms with E-state index in [1.165, 1.54) is 13.2 Å². The van der Waals surface area contributed by atoms with E-state index in [0.717, 1.165) is 0 Å². The van der Waals surface area contributed by atoms with E-state index in [-0.39, 0.29) is 5.82 Å². The van der Waals surface area contributed by atoms with Crippen molar-refractivity contribution >= 4 is 0 Å². The van der Waals surface area contributed by atoms with Gasteiger partial charge in [0.05, 0.1) is 7.11 Å². The molecular formula is C8H9FO. The number of benzene rings is 1. The molecule has 0 unspecified atom stereocenters. The van der Waals surface area contributed by atoms with Crippen LogP contribution in [-0.2, 0) is 0 Å². The summed E-state index contributed by atoms with van der Waals surface area (Å²) >= 11 is 0. The standard InChI is InChI=1S/C8H9FO/c1-6-3-4-7(10-2)5-8(6)9/h3-5H,1-2H3/i9-1. The summed E-state index contributed by atoms with van der Waals surface area (Å²) in [5.74, 6) is 0.336. The van der Waals surface area contributed by atoms with Crippen LogP contribution in [0.2, 0.25) is 0 Å². The van der Waals surface area contributed by atoms with E-state index in [1.54, 1.807) is 19.1 Å². The van der Waals surface area contributed by atoms with Crippen molar-refractivity contribution in [2.24, 2.45) is 0 Å². The average Bonchev–Trinajstić information content (AvgIpc) is 1.95. The van der Waals surface area contributed by atoms with Gasteiger partial charge < -0.3 is 4.74 Å². The molecule has 10 heavy (non-hydrogen) atoms. The van der Waals surface area contributed by atoms with Crippen LogP contribution in [-0.4, -0.2) is 7.11 Å². The molecule has 1 nitrogen and oxygen atoms in total. The van der Waals surface area contributed by atoms with Gasteiger partial charge in [0.25, 0.3) is 0 Å². The lowest BCUT2D eigenvalue weighted by Crippen LogP contribution is -1.85. The Morgan fingerprint density at radius 3 is 2.60 bits per heavy atom. The molecular weight excluding hydrogens is 130 g/mol. The molecule has 0 aliphatic carbocycles. The predicted molar refractivity (Wildman–Crippen MR) is 37.7 cm³/mol. The lowest BCUT2D eigenvalue weighted by atomic mass is 10.2. The second-order valence-electron chi connectivity index (χ2n) is 2.12. The van der Waals surface area contributed by atoms with Crippen molar-refractivity contribution < 1.29 is 9.13 Å². The number of ether oxygens (including phenoxy) is 1. The molecule has 0 N–H and O–H groups in total. The summed E-state index contributed by atoms with van der Waals surface area (Å²) in [6.07, 6.45) is 0. The van der Waals surface area contributed by atoms with Crippen LogP contribution in [0.5, 0.6) is 5.75 Å². The molecule has 0 bridgehead atoms. The molecule has 1 rings (SSSR count). The van der Waals surface area contributed by atoms with E-state index in [9.17, 15) is 4.39 Å². The smallest absolute Gasteiger partial charge is 0.129 e. The molecule has 0 fully saturated rings.